The fourth-order valence-electron chi connectivity index (χ4n) is 1.02. The van der Waals surface area contributed by atoms with Gasteiger partial charge in [0.25, 0.3) is 0 Å². The van der Waals surface area contributed by atoms with Crippen LogP contribution in [0.3, 0.4) is 0 Å². The highest BCUT2D eigenvalue weighted by Crippen LogP contribution is 2.36. The summed E-state index contributed by atoms with van der Waals surface area (Å²) in [6, 6.07) is 0. The van der Waals surface area contributed by atoms with E-state index in [9.17, 15) is 13.2 Å². The summed E-state index contributed by atoms with van der Waals surface area (Å²) in [4.78, 5) is 17.8. The van der Waals surface area contributed by atoms with Crippen molar-refractivity contribution >= 4 is 8.60 Å². The van der Waals surface area contributed by atoms with Crippen LogP contribution < -0.4 is 0 Å². The van der Waals surface area contributed by atoms with Gasteiger partial charge in [-0.05, 0) is 0 Å². The van der Waals surface area contributed by atoms with E-state index in [4.69, 9.17) is 9.79 Å². The Bertz CT molecular complexity index is 225. The number of nitrogens with zero attached hydrogens (tertiary/aromatic N) is 1. The molecule has 0 aliphatic heterocycles. The van der Waals surface area contributed by atoms with E-state index in [1.54, 1.807) is 0 Å². The van der Waals surface area contributed by atoms with Crippen LogP contribution in [0, 0.1) is 0 Å². The molecule has 0 heterocycles. The van der Waals surface area contributed by atoms with Crippen LogP contribution >= 0.6 is 8.60 Å². The van der Waals surface area contributed by atoms with Gasteiger partial charge in [0, 0.05) is 13.1 Å². The highest BCUT2D eigenvalue weighted by molar-refractivity contribution is 7.39. The Labute approximate surface area is 92.6 Å². The van der Waals surface area contributed by atoms with Gasteiger partial charge in [-0.15, -0.1) is 13.2 Å². The molecule has 0 spiro atoms. The molecule has 1 atom stereocenters. The third-order valence-electron chi connectivity index (χ3n) is 1.53. The van der Waals surface area contributed by atoms with Crippen molar-refractivity contribution < 1.29 is 27.5 Å². The van der Waals surface area contributed by atoms with Crippen LogP contribution in [0.4, 0.5) is 13.2 Å². The molecule has 0 fully saturated rings. The number of hydrogen-bond acceptors (Lipinski definition) is 4. The van der Waals surface area contributed by atoms with Crippen molar-refractivity contribution in [2.45, 2.75) is 12.4 Å². The lowest BCUT2D eigenvalue weighted by molar-refractivity contribution is -0.238. The molecule has 16 heavy (non-hydrogen) atoms. The van der Waals surface area contributed by atoms with Gasteiger partial charge >= 0.3 is 14.8 Å². The molecule has 0 radical (unpaired) electrons. The van der Waals surface area contributed by atoms with Gasteiger partial charge in [-0.3, -0.25) is 9.42 Å². The largest absolute Gasteiger partial charge is 0.428 e. The first-order valence-corrected chi connectivity index (χ1v) is 5.36. The summed E-state index contributed by atoms with van der Waals surface area (Å²) in [7, 11) is -3.09. The van der Waals surface area contributed by atoms with Crippen LogP contribution in [0.5, 0.6) is 0 Å². The van der Waals surface area contributed by atoms with Gasteiger partial charge in [0.05, 0.1) is 0 Å². The van der Waals surface area contributed by atoms with Crippen LogP contribution in [0.15, 0.2) is 25.3 Å². The molecule has 0 bridgehead atoms. The lowest BCUT2D eigenvalue weighted by Gasteiger charge is -2.30. The summed E-state index contributed by atoms with van der Waals surface area (Å²) >= 11 is 0. The van der Waals surface area contributed by atoms with Crippen LogP contribution in [0.2, 0.25) is 0 Å². The molecular weight excluding hydrogens is 246 g/mol. The molecule has 0 rings (SSSR count). The topological polar surface area (TPSA) is 52.9 Å². The molecule has 8 heteroatoms. The molecule has 0 aromatic rings. The van der Waals surface area contributed by atoms with Crippen molar-refractivity contribution in [2.75, 3.05) is 13.1 Å². The van der Waals surface area contributed by atoms with E-state index in [1.165, 1.54) is 12.2 Å². The van der Waals surface area contributed by atoms with Crippen molar-refractivity contribution in [1.82, 2.24) is 4.90 Å². The fraction of sp³-hybridized carbons (Fsp3) is 0.500. The highest BCUT2D eigenvalue weighted by Gasteiger charge is 2.45. The molecule has 94 valence electrons. The van der Waals surface area contributed by atoms with E-state index < -0.39 is 21.0 Å². The van der Waals surface area contributed by atoms with E-state index >= 15 is 0 Å². The Morgan fingerprint density at radius 1 is 1.25 bits per heavy atom. The molecule has 0 amide bonds. The van der Waals surface area contributed by atoms with Gasteiger partial charge in [-0.1, -0.05) is 12.2 Å². The standard InChI is InChI=1S/C8H13F3NO3P/c1-3-5-12(6-4-2)7(8(9,10)11)15-16(13)14/h3-4,7,13-14H,1-2,5-6H2. The van der Waals surface area contributed by atoms with Crippen LogP contribution in [-0.4, -0.2) is 40.2 Å². The minimum Gasteiger partial charge on any atom is -0.328 e. The maximum atomic E-state index is 12.5. The van der Waals surface area contributed by atoms with Crippen LogP contribution in [0.1, 0.15) is 0 Å². The van der Waals surface area contributed by atoms with Crippen molar-refractivity contribution in [3.05, 3.63) is 25.3 Å². The average molecular weight is 259 g/mol. The maximum absolute atomic E-state index is 12.5. The summed E-state index contributed by atoms with van der Waals surface area (Å²) in [5.74, 6) is 0. The minimum absolute atomic E-state index is 0.112. The van der Waals surface area contributed by atoms with Crippen molar-refractivity contribution in [2.24, 2.45) is 0 Å². The van der Waals surface area contributed by atoms with E-state index in [0.717, 1.165) is 4.90 Å². The summed E-state index contributed by atoms with van der Waals surface area (Å²) in [5.41, 5.74) is 0. The molecule has 4 nitrogen and oxygen atoms in total. The van der Waals surface area contributed by atoms with Gasteiger partial charge in [-0.2, -0.15) is 13.2 Å². The van der Waals surface area contributed by atoms with Crippen LogP contribution in [0.25, 0.3) is 0 Å². The summed E-state index contributed by atoms with van der Waals surface area (Å²) in [5, 5.41) is 0. The summed E-state index contributed by atoms with van der Waals surface area (Å²) < 4.78 is 41.7. The van der Waals surface area contributed by atoms with Gasteiger partial charge in [-0.25, -0.2) is 0 Å². The average Bonchev–Trinajstić information content (AvgIpc) is 2.12. The third-order valence-corrected chi connectivity index (χ3v) is 1.92. The Hall–Kier alpha value is -0.460. The van der Waals surface area contributed by atoms with Crippen LogP contribution in [-0.2, 0) is 4.52 Å². The number of rotatable bonds is 7. The molecule has 0 aromatic carbocycles. The quantitative estimate of drug-likeness (QED) is 0.415. The Morgan fingerprint density at radius 3 is 1.94 bits per heavy atom. The van der Waals surface area contributed by atoms with Crippen molar-refractivity contribution in [3.63, 3.8) is 0 Å². The van der Waals surface area contributed by atoms with Gasteiger partial charge in [0.15, 0.2) is 0 Å². The first-order valence-electron chi connectivity index (χ1n) is 4.20. The van der Waals surface area contributed by atoms with E-state index in [1.807, 2.05) is 0 Å². The predicted molar refractivity (Wildman–Crippen MR) is 54.3 cm³/mol. The normalized spacial score (nSPS) is 14.2. The first-order chi connectivity index (χ1) is 7.32. The van der Waals surface area contributed by atoms with Crippen molar-refractivity contribution in [1.29, 1.82) is 0 Å². The summed E-state index contributed by atoms with van der Waals surface area (Å²) in [6.45, 7) is 6.39. The number of halogens is 3. The SMILES string of the molecule is C=CCN(CC=C)C(OP(O)O)C(F)(F)F. The van der Waals surface area contributed by atoms with Gasteiger partial charge in [0.2, 0.25) is 6.23 Å². The van der Waals surface area contributed by atoms with E-state index in [-0.39, 0.29) is 13.1 Å². The Balaban J connectivity index is 4.79. The molecule has 2 N–H and O–H groups in total. The Kier molecular flexibility index (Phi) is 6.78. The van der Waals surface area contributed by atoms with Crippen molar-refractivity contribution in [3.8, 4) is 0 Å². The molecule has 0 saturated heterocycles. The second kappa shape index (κ2) is 6.98. The highest BCUT2D eigenvalue weighted by atomic mass is 31.2. The zero-order valence-corrected chi connectivity index (χ0v) is 9.29. The van der Waals surface area contributed by atoms with E-state index in [0.29, 0.717) is 0 Å². The number of hydrogen-bond donors (Lipinski definition) is 2. The second-order valence-corrected chi connectivity index (χ2v) is 3.50. The monoisotopic (exact) mass is 259 g/mol. The molecule has 0 aromatic heterocycles. The second-order valence-electron chi connectivity index (χ2n) is 2.78. The third kappa shape index (κ3) is 5.58. The Morgan fingerprint density at radius 2 is 1.69 bits per heavy atom. The zero-order chi connectivity index (χ0) is 12.8. The van der Waals surface area contributed by atoms with E-state index in [2.05, 4.69) is 17.7 Å². The smallest absolute Gasteiger partial charge is 0.328 e. The van der Waals surface area contributed by atoms with Gasteiger partial charge in [0.1, 0.15) is 0 Å². The predicted octanol–water partition coefficient (Wildman–Crippen LogP) is 1.78. The number of alkyl halides is 3. The molecule has 0 aliphatic rings. The molecule has 1 unspecified atom stereocenters. The minimum atomic E-state index is -4.72. The molecular formula is C8H13F3NO3P. The first kappa shape index (κ1) is 15.5. The maximum Gasteiger partial charge on any atom is 0.428 e. The lowest BCUT2D eigenvalue weighted by Crippen LogP contribution is -2.46. The fourth-order valence-corrected chi connectivity index (χ4v) is 1.45. The molecule has 0 aliphatic carbocycles. The lowest BCUT2D eigenvalue weighted by atomic mass is 10.4. The summed E-state index contributed by atoms with van der Waals surface area (Å²) in [6.07, 6.45) is -4.60. The van der Waals surface area contributed by atoms with Gasteiger partial charge < -0.3 is 9.79 Å². The zero-order valence-electron chi connectivity index (χ0n) is 8.39. The molecule has 0 saturated carbocycles.